The van der Waals surface area contributed by atoms with Gasteiger partial charge in [0.15, 0.2) is 11.7 Å². The van der Waals surface area contributed by atoms with E-state index in [1.807, 2.05) is 18.2 Å². The molecule has 1 heterocycles. The van der Waals surface area contributed by atoms with Crippen LogP contribution in [-0.4, -0.2) is 18.2 Å². The molecule has 0 spiro atoms. The minimum absolute atomic E-state index is 0. The van der Waals surface area contributed by atoms with Gasteiger partial charge < -0.3 is 15.2 Å². The minimum Gasteiger partial charge on any atom is -0.359 e. The smallest absolute Gasteiger partial charge is 0.191 e. The number of hydrogen-bond acceptors (Lipinski definition) is 4. The molecule has 1 aromatic carbocycles. The predicted molar refractivity (Wildman–Crippen MR) is 104 cm³/mol. The first-order valence-electron chi connectivity index (χ1n) is 7.51. The minimum atomic E-state index is 0. The Kier molecular flexibility index (Phi) is 8.26. The van der Waals surface area contributed by atoms with E-state index in [1.54, 1.807) is 19.2 Å². The Balaban J connectivity index is 0.00000288. The third-order valence-electron chi connectivity index (χ3n) is 3.37. The highest BCUT2D eigenvalue weighted by Crippen LogP contribution is 2.13. The fourth-order valence-electron chi connectivity index (χ4n) is 1.96. The molecule has 0 aliphatic carbocycles. The third kappa shape index (κ3) is 5.85. The Hall–Kier alpha value is -2.08. The average molecular weight is 439 g/mol. The number of hydrogen-bond donors (Lipinski definition) is 2. The number of nitrogens with zero attached hydrogens (tertiary/aromatic N) is 3. The summed E-state index contributed by atoms with van der Waals surface area (Å²) in [7, 11) is 1.72. The highest BCUT2D eigenvalue weighted by atomic mass is 127. The number of benzene rings is 1. The molecule has 0 aliphatic rings. The van der Waals surface area contributed by atoms with Crippen LogP contribution in [0.2, 0.25) is 0 Å². The summed E-state index contributed by atoms with van der Waals surface area (Å²) in [6.07, 6.45) is 0. The number of nitrogens with one attached hydrogen (secondary N) is 2. The van der Waals surface area contributed by atoms with Gasteiger partial charge in [0.05, 0.1) is 23.9 Å². The van der Waals surface area contributed by atoms with Crippen LogP contribution in [0, 0.1) is 11.3 Å². The van der Waals surface area contributed by atoms with Crippen LogP contribution >= 0.6 is 24.0 Å². The van der Waals surface area contributed by atoms with Gasteiger partial charge in [0.2, 0.25) is 0 Å². The van der Waals surface area contributed by atoms with Crippen molar-refractivity contribution in [3.05, 3.63) is 52.9 Å². The Morgan fingerprint density at radius 1 is 1.25 bits per heavy atom. The lowest BCUT2D eigenvalue weighted by molar-refractivity contribution is 0.372. The van der Waals surface area contributed by atoms with Gasteiger partial charge in [-0.05, 0) is 23.6 Å². The van der Waals surface area contributed by atoms with Crippen molar-refractivity contribution in [1.82, 2.24) is 15.8 Å². The Labute approximate surface area is 159 Å². The molecule has 2 aromatic rings. The zero-order valence-electron chi connectivity index (χ0n) is 14.0. The number of guanidine groups is 1. The summed E-state index contributed by atoms with van der Waals surface area (Å²) in [5.74, 6) is 1.80. The standard InChI is InChI=1S/C17H21N5O.HI/c1-12(2)16-8-15(23-22-16)11-21-17(19-3)20-10-14-6-4-13(9-18)5-7-14;/h4-8,12H,10-11H2,1-3H3,(H2,19,20,21);1H. The topological polar surface area (TPSA) is 86.2 Å². The molecule has 6 nitrogen and oxygen atoms in total. The lowest BCUT2D eigenvalue weighted by Gasteiger charge is -2.10. The molecule has 0 unspecified atom stereocenters. The van der Waals surface area contributed by atoms with Crippen molar-refractivity contribution < 1.29 is 4.52 Å². The van der Waals surface area contributed by atoms with Crippen LogP contribution < -0.4 is 10.6 Å². The molecular weight excluding hydrogens is 417 g/mol. The Morgan fingerprint density at radius 2 is 1.92 bits per heavy atom. The molecule has 0 atom stereocenters. The largest absolute Gasteiger partial charge is 0.359 e. The maximum atomic E-state index is 8.79. The fourth-order valence-corrected chi connectivity index (χ4v) is 1.96. The summed E-state index contributed by atoms with van der Waals surface area (Å²) in [4.78, 5) is 4.17. The van der Waals surface area contributed by atoms with E-state index in [4.69, 9.17) is 9.78 Å². The van der Waals surface area contributed by atoms with Crippen molar-refractivity contribution in [3.63, 3.8) is 0 Å². The van der Waals surface area contributed by atoms with Gasteiger partial charge in [-0.3, -0.25) is 4.99 Å². The number of nitriles is 1. The summed E-state index contributed by atoms with van der Waals surface area (Å²) in [6.45, 7) is 5.30. The van der Waals surface area contributed by atoms with Crippen molar-refractivity contribution in [2.75, 3.05) is 7.05 Å². The van der Waals surface area contributed by atoms with Gasteiger partial charge in [-0.15, -0.1) is 24.0 Å². The fraction of sp³-hybridized carbons (Fsp3) is 0.353. The molecule has 2 N–H and O–H groups in total. The van der Waals surface area contributed by atoms with Crippen LogP contribution in [0.5, 0.6) is 0 Å². The van der Waals surface area contributed by atoms with Gasteiger partial charge in [-0.1, -0.05) is 31.1 Å². The highest BCUT2D eigenvalue weighted by molar-refractivity contribution is 14.0. The summed E-state index contributed by atoms with van der Waals surface area (Å²) < 4.78 is 5.28. The van der Waals surface area contributed by atoms with Crippen LogP contribution in [0.1, 0.15) is 42.3 Å². The van der Waals surface area contributed by atoms with Gasteiger partial charge in [0.1, 0.15) is 0 Å². The van der Waals surface area contributed by atoms with Crippen LogP contribution in [-0.2, 0) is 13.1 Å². The Bertz CT molecular complexity index is 701. The molecule has 0 saturated heterocycles. The quantitative estimate of drug-likeness (QED) is 0.425. The maximum absolute atomic E-state index is 8.79. The zero-order chi connectivity index (χ0) is 16.7. The molecule has 2 rings (SSSR count). The van der Waals surface area contributed by atoms with Crippen molar-refractivity contribution >= 4 is 29.9 Å². The van der Waals surface area contributed by atoms with Crippen LogP contribution in [0.15, 0.2) is 39.8 Å². The summed E-state index contributed by atoms with van der Waals surface area (Å²) in [5, 5.41) is 19.2. The molecule has 0 radical (unpaired) electrons. The second kappa shape index (κ2) is 9.93. The number of halogens is 1. The Morgan fingerprint density at radius 3 is 2.46 bits per heavy atom. The summed E-state index contributed by atoms with van der Waals surface area (Å²) in [6, 6.07) is 11.5. The molecular formula is C17H22IN5O. The zero-order valence-corrected chi connectivity index (χ0v) is 16.4. The molecule has 24 heavy (non-hydrogen) atoms. The van der Waals surface area contributed by atoms with Gasteiger partial charge in [0, 0.05) is 19.7 Å². The second-order valence-electron chi connectivity index (χ2n) is 5.46. The van der Waals surface area contributed by atoms with Crippen LogP contribution in [0.3, 0.4) is 0 Å². The van der Waals surface area contributed by atoms with Crippen molar-refractivity contribution in [2.45, 2.75) is 32.9 Å². The van der Waals surface area contributed by atoms with Gasteiger partial charge in [0.25, 0.3) is 0 Å². The summed E-state index contributed by atoms with van der Waals surface area (Å²) in [5.41, 5.74) is 2.68. The number of rotatable bonds is 5. The molecule has 0 bridgehead atoms. The first-order valence-corrected chi connectivity index (χ1v) is 7.51. The first-order chi connectivity index (χ1) is 11.1. The molecule has 128 valence electrons. The van der Waals surface area contributed by atoms with E-state index in [-0.39, 0.29) is 24.0 Å². The first kappa shape index (κ1) is 20.0. The predicted octanol–water partition coefficient (Wildman–Crippen LogP) is 3.15. The van der Waals surface area contributed by atoms with Crippen molar-refractivity contribution in [3.8, 4) is 6.07 Å². The second-order valence-corrected chi connectivity index (χ2v) is 5.46. The van der Waals surface area contributed by atoms with Gasteiger partial charge in [-0.25, -0.2) is 0 Å². The van der Waals surface area contributed by atoms with Crippen molar-refractivity contribution in [1.29, 1.82) is 5.26 Å². The molecule has 1 aromatic heterocycles. The van der Waals surface area contributed by atoms with E-state index in [0.29, 0.717) is 30.5 Å². The SMILES string of the molecule is CN=C(NCc1ccc(C#N)cc1)NCc1cc(C(C)C)no1.I. The molecule has 0 amide bonds. The molecule has 0 aliphatic heterocycles. The van der Waals surface area contributed by atoms with E-state index in [9.17, 15) is 0 Å². The molecule has 7 heteroatoms. The number of aromatic nitrogens is 1. The normalized spacial score (nSPS) is 10.9. The van der Waals surface area contributed by atoms with Crippen LogP contribution in [0.25, 0.3) is 0 Å². The van der Waals surface area contributed by atoms with E-state index < -0.39 is 0 Å². The van der Waals surface area contributed by atoms with E-state index in [2.05, 4.69) is 40.7 Å². The van der Waals surface area contributed by atoms with Crippen molar-refractivity contribution in [2.24, 2.45) is 4.99 Å². The van der Waals surface area contributed by atoms with Crippen LogP contribution in [0.4, 0.5) is 0 Å². The molecule has 0 fully saturated rings. The summed E-state index contributed by atoms with van der Waals surface area (Å²) >= 11 is 0. The van der Waals surface area contributed by atoms with E-state index in [0.717, 1.165) is 17.0 Å². The lowest BCUT2D eigenvalue weighted by Crippen LogP contribution is -2.36. The monoisotopic (exact) mass is 439 g/mol. The third-order valence-corrected chi connectivity index (χ3v) is 3.37. The van der Waals surface area contributed by atoms with E-state index >= 15 is 0 Å². The maximum Gasteiger partial charge on any atom is 0.191 e. The lowest BCUT2D eigenvalue weighted by atomic mass is 10.1. The van der Waals surface area contributed by atoms with Gasteiger partial charge >= 0.3 is 0 Å². The highest BCUT2D eigenvalue weighted by Gasteiger charge is 2.08. The number of aliphatic imine (C=N–C) groups is 1. The average Bonchev–Trinajstić information content (AvgIpc) is 3.05. The molecule has 0 saturated carbocycles. The van der Waals surface area contributed by atoms with E-state index in [1.165, 1.54) is 0 Å². The van der Waals surface area contributed by atoms with Gasteiger partial charge in [-0.2, -0.15) is 5.26 Å².